The van der Waals surface area contributed by atoms with E-state index in [1.165, 1.54) is 6.20 Å². The minimum absolute atomic E-state index is 0.156. The number of hydrogen-bond donors (Lipinski definition) is 1. The molecule has 6 heteroatoms. The summed E-state index contributed by atoms with van der Waals surface area (Å²) in [5, 5.41) is 7.41. The Balaban J connectivity index is 2.06. The molecule has 1 fully saturated rings. The third-order valence-corrected chi connectivity index (χ3v) is 4.18. The lowest BCUT2D eigenvalue weighted by Crippen LogP contribution is -2.07. The Morgan fingerprint density at radius 1 is 1.35 bits per heavy atom. The summed E-state index contributed by atoms with van der Waals surface area (Å²) >= 11 is 12.1. The number of nitrogens with one attached hydrogen (secondary N) is 1. The van der Waals surface area contributed by atoms with Gasteiger partial charge in [-0.2, -0.15) is 0 Å². The van der Waals surface area contributed by atoms with Gasteiger partial charge in [0.2, 0.25) is 0 Å². The zero-order chi connectivity index (χ0) is 14.3. The molecule has 0 saturated heterocycles. The van der Waals surface area contributed by atoms with Crippen LogP contribution in [0.2, 0.25) is 10.0 Å². The second-order valence-electron chi connectivity index (χ2n) is 4.74. The van der Waals surface area contributed by atoms with Crippen molar-refractivity contribution < 1.29 is 9.32 Å². The van der Waals surface area contributed by atoms with Gasteiger partial charge in [0, 0.05) is 18.5 Å². The van der Waals surface area contributed by atoms with Gasteiger partial charge in [0.05, 0.1) is 27.5 Å². The largest absolute Gasteiger partial charge is 0.386 e. The molecule has 104 valence electrons. The van der Waals surface area contributed by atoms with E-state index in [2.05, 4.69) is 10.5 Å². The molecule has 0 radical (unpaired) electrons. The molecule has 0 spiro atoms. The number of carbonyl (C=O) groups excluding carboxylic acids is 1. The molecule has 1 aliphatic rings. The molecule has 1 N–H and O–H groups in total. The number of rotatable bonds is 4. The maximum atomic E-state index is 12.7. The van der Waals surface area contributed by atoms with Crippen LogP contribution in [0.1, 0.15) is 40.4 Å². The van der Waals surface area contributed by atoms with Gasteiger partial charge < -0.3 is 9.84 Å². The zero-order valence-electron chi connectivity index (χ0n) is 10.7. The molecule has 1 aliphatic carbocycles. The number of halogens is 2. The summed E-state index contributed by atoms with van der Waals surface area (Å²) in [6, 6.07) is 3.27. The molecule has 0 bridgehead atoms. The van der Waals surface area contributed by atoms with Crippen molar-refractivity contribution in [3.8, 4) is 0 Å². The minimum Gasteiger partial charge on any atom is -0.386 e. The van der Waals surface area contributed by atoms with Crippen LogP contribution < -0.4 is 5.32 Å². The summed E-state index contributed by atoms with van der Waals surface area (Å²) < 4.78 is 5.21. The van der Waals surface area contributed by atoms with Crippen molar-refractivity contribution in [1.29, 1.82) is 0 Å². The first-order valence-electron chi connectivity index (χ1n) is 6.28. The van der Waals surface area contributed by atoms with Crippen LogP contribution in [-0.4, -0.2) is 18.0 Å². The predicted molar refractivity (Wildman–Crippen MR) is 77.9 cm³/mol. The predicted octanol–water partition coefficient (Wildman–Crippen LogP) is 4.13. The van der Waals surface area contributed by atoms with Crippen molar-refractivity contribution >= 4 is 34.7 Å². The lowest BCUT2D eigenvalue weighted by atomic mass is 10.0. The van der Waals surface area contributed by atoms with E-state index in [1.54, 1.807) is 19.2 Å². The van der Waals surface area contributed by atoms with Gasteiger partial charge in [0.1, 0.15) is 0 Å². The number of carbonyl (C=O) groups is 1. The highest BCUT2D eigenvalue weighted by Crippen LogP contribution is 2.42. The van der Waals surface area contributed by atoms with Crippen LogP contribution in [0.5, 0.6) is 0 Å². The van der Waals surface area contributed by atoms with E-state index >= 15 is 0 Å². The first-order valence-corrected chi connectivity index (χ1v) is 7.04. The van der Waals surface area contributed by atoms with Crippen LogP contribution in [0.4, 0.5) is 5.69 Å². The van der Waals surface area contributed by atoms with Crippen LogP contribution in [0.15, 0.2) is 22.9 Å². The highest BCUT2D eigenvalue weighted by Gasteiger charge is 2.33. The average Bonchev–Trinajstić information content (AvgIpc) is 3.18. The number of nitrogens with zero attached hydrogens (tertiary/aromatic N) is 1. The third-order valence-electron chi connectivity index (χ3n) is 3.38. The highest BCUT2D eigenvalue weighted by molar-refractivity contribution is 6.44. The second-order valence-corrected chi connectivity index (χ2v) is 5.53. The minimum atomic E-state index is -0.156. The molecule has 2 aromatic rings. The second kappa shape index (κ2) is 5.11. The van der Waals surface area contributed by atoms with Gasteiger partial charge in [0.15, 0.2) is 11.5 Å². The summed E-state index contributed by atoms with van der Waals surface area (Å²) in [6.45, 7) is 0. The van der Waals surface area contributed by atoms with Crippen molar-refractivity contribution in [2.75, 3.05) is 12.4 Å². The van der Waals surface area contributed by atoms with E-state index in [0.717, 1.165) is 12.8 Å². The molecule has 0 amide bonds. The van der Waals surface area contributed by atoms with Crippen LogP contribution in [0.3, 0.4) is 0 Å². The van der Waals surface area contributed by atoms with Crippen molar-refractivity contribution in [3.05, 3.63) is 45.3 Å². The Kier molecular flexibility index (Phi) is 3.44. The van der Waals surface area contributed by atoms with Crippen molar-refractivity contribution in [2.45, 2.75) is 18.8 Å². The van der Waals surface area contributed by atoms with Crippen molar-refractivity contribution in [1.82, 2.24) is 5.16 Å². The van der Waals surface area contributed by atoms with Gasteiger partial charge in [-0.25, -0.2) is 0 Å². The first-order chi connectivity index (χ1) is 9.63. The van der Waals surface area contributed by atoms with E-state index in [1.807, 2.05) is 0 Å². The Bertz CT molecular complexity index is 678. The monoisotopic (exact) mass is 310 g/mol. The third kappa shape index (κ3) is 2.19. The molecular weight excluding hydrogens is 299 g/mol. The van der Waals surface area contributed by atoms with E-state index < -0.39 is 0 Å². The Hall–Kier alpha value is -1.52. The van der Waals surface area contributed by atoms with Gasteiger partial charge in [-0.15, -0.1) is 0 Å². The molecule has 1 aromatic carbocycles. The number of aromatic nitrogens is 1. The molecule has 3 rings (SSSR count). The van der Waals surface area contributed by atoms with Gasteiger partial charge in [-0.3, -0.25) is 4.79 Å². The standard InChI is InChI=1S/C14H12Cl2N2O2/c1-17-12-8(4-5-10(15)11(12)16)13(19)9-6-18-20-14(9)7-2-3-7/h4-7,17H,2-3H2,1H3. The summed E-state index contributed by atoms with van der Waals surface area (Å²) in [5.41, 5.74) is 1.49. The maximum Gasteiger partial charge on any atom is 0.200 e. The summed E-state index contributed by atoms with van der Waals surface area (Å²) in [5.74, 6) is 0.830. The lowest BCUT2D eigenvalue weighted by molar-refractivity contribution is 0.103. The number of ketones is 1. The van der Waals surface area contributed by atoms with Crippen molar-refractivity contribution in [2.24, 2.45) is 0 Å². The van der Waals surface area contributed by atoms with E-state index in [4.69, 9.17) is 27.7 Å². The molecule has 0 aliphatic heterocycles. The molecule has 4 nitrogen and oxygen atoms in total. The van der Waals surface area contributed by atoms with Crippen LogP contribution >= 0.6 is 23.2 Å². The normalized spacial score (nSPS) is 14.3. The fourth-order valence-electron chi connectivity index (χ4n) is 2.19. The lowest BCUT2D eigenvalue weighted by Gasteiger charge is -2.11. The zero-order valence-corrected chi connectivity index (χ0v) is 12.3. The maximum absolute atomic E-state index is 12.7. The average molecular weight is 311 g/mol. The fraction of sp³-hybridized carbons (Fsp3) is 0.286. The summed E-state index contributed by atoms with van der Waals surface area (Å²) in [6.07, 6.45) is 3.55. The molecule has 1 saturated carbocycles. The van der Waals surface area contributed by atoms with Gasteiger partial charge in [-0.05, 0) is 25.0 Å². The molecular formula is C14H12Cl2N2O2. The number of hydrogen-bond acceptors (Lipinski definition) is 4. The highest BCUT2D eigenvalue weighted by atomic mass is 35.5. The van der Waals surface area contributed by atoms with E-state index in [9.17, 15) is 4.79 Å². The topological polar surface area (TPSA) is 55.1 Å². The molecule has 1 heterocycles. The molecule has 20 heavy (non-hydrogen) atoms. The molecule has 0 atom stereocenters. The summed E-state index contributed by atoms with van der Waals surface area (Å²) in [7, 11) is 1.70. The van der Waals surface area contributed by atoms with Gasteiger partial charge in [0.25, 0.3) is 0 Å². The Morgan fingerprint density at radius 3 is 2.75 bits per heavy atom. The summed E-state index contributed by atoms with van der Waals surface area (Å²) in [4.78, 5) is 12.7. The number of anilines is 1. The Morgan fingerprint density at radius 2 is 2.10 bits per heavy atom. The van der Waals surface area contributed by atoms with Crippen LogP contribution in [0.25, 0.3) is 0 Å². The molecule has 0 unspecified atom stereocenters. The number of benzene rings is 1. The van der Waals surface area contributed by atoms with Gasteiger partial charge >= 0.3 is 0 Å². The van der Waals surface area contributed by atoms with Crippen LogP contribution in [0, 0.1) is 0 Å². The molecule has 1 aromatic heterocycles. The SMILES string of the molecule is CNc1c(C(=O)c2cnoc2C2CC2)ccc(Cl)c1Cl. The van der Waals surface area contributed by atoms with Crippen molar-refractivity contribution in [3.63, 3.8) is 0 Å². The van der Waals surface area contributed by atoms with Gasteiger partial charge in [-0.1, -0.05) is 28.4 Å². The van der Waals surface area contributed by atoms with E-state index in [-0.39, 0.29) is 5.78 Å². The van der Waals surface area contributed by atoms with E-state index in [0.29, 0.717) is 38.5 Å². The quantitative estimate of drug-likeness (QED) is 0.863. The first kappa shape index (κ1) is 13.5. The Labute approximate surface area is 126 Å². The smallest absolute Gasteiger partial charge is 0.200 e. The fourth-order valence-corrected chi connectivity index (χ4v) is 2.61. The van der Waals surface area contributed by atoms with Crippen LogP contribution in [-0.2, 0) is 0 Å².